The molecule has 0 aliphatic rings. The molecule has 0 saturated carbocycles. The zero-order chi connectivity index (χ0) is 24.0. The van der Waals surface area contributed by atoms with E-state index in [0.29, 0.717) is 0 Å². The number of ketones is 2. The number of carbonyl (C=O) groups excluding carboxylic acids is 2. The van der Waals surface area contributed by atoms with Gasteiger partial charge in [0.25, 0.3) is 11.4 Å². The van der Waals surface area contributed by atoms with E-state index in [1.807, 2.05) is 0 Å². The second kappa shape index (κ2) is 9.70. The SMILES string of the molecule is O=C(c1ccccc1)C(O)(N=NC(O)(C(=O)c1ccccc1)c1ccccc1)c1ccccc1. The van der Waals surface area contributed by atoms with Crippen LogP contribution in [0.3, 0.4) is 0 Å². The lowest BCUT2D eigenvalue weighted by atomic mass is 9.93. The fraction of sp³-hybridized carbons (Fsp3) is 0.0714. The molecule has 2 atom stereocenters. The van der Waals surface area contributed by atoms with Crippen LogP contribution in [-0.2, 0) is 11.4 Å². The molecule has 0 radical (unpaired) electrons. The lowest BCUT2D eigenvalue weighted by molar-refractivity contribution is 0.00912. The lowest BCUT2D eigenvalue weighted by Crippen LogP contribution is -2.37. The van der Waals surface area contributed by atoms with E-state index in [1.165, 1.54) is 24.3 Å². The van der Waals surface area contributed by atoms with Crippen molar-refractivity contribution in [2.75, 3.05) is 0 Å². The molecular weight excluding hydrogens is 428 g/mol. The summed E-state index contributed by atoms with van der Waals surface area (Å²) >= 11 is 0. The molecule has 34 heavy (non-hydrogen) atoms. The topological polar surface area (TPSA) is 99.3 Å². The number of benzene rings is 4. The summed E-state index contributed by atoms with van der Waals surface area (Å²) in [5, 5.41) is 31.0. The first kappa shape index (κ1) is 22.9. The van der Waals surface area contributed by atoms with Gasteiger partial charge in [0.15, 0.2) is 0 Å². The highest BCUT2D eigenvalue weighted by molar-refractivity contribution is 6.03. The molecule has 4 aromatic rings. The highest BCUT2D eigenvalue weighted by Crippen LogP contribution is 2.33. The number of hydrogen-bond acceptors (Lipinski definition) is 6. The van der Waals surface area contributed by atoms with Crippen molar-refractivity contribution < 1.29 is 19.8 Å². The Morgan fingerprint density at radius 2 is 0.735 bits per heavy atom. The fourth-order valence-electron chi connectivity index (χ4n) is 3.54. The summed E-state index contributed by atoms with van der Waals surface area (Å²) in [6, 6.07) is 32.5. The minimum Gasteiger partial charge on any atom is -0.358 e. The van der Waals surface area contributed by atoms with Gasteiger partial charge >= 0.3 is 0 Å². The van der Waals surface area contributed by atoms with Crippen LogP contribution in [0.5, 0.6) is 0 Å². The molecule has 0 aliphatic carbocycles. The van der Waals surface area contributed by atoms with Crippen molar-refractivity contribution >= 4 is 11.6 Å². The monoisotopic (exact) mass is 450 g/mol. The number of hydrogen-bond donors (Lipinski definition) is 2. The van der Waals surface area contributed by atoms with Gasteiger partial charge in [-0.25, -0.2) is 0 Å². The first-order chi connectivity index (χ1) is 16.4. The Labute approximate surface area is 196 Å². The molecular formula is C28H22N2O4. The Hall–Kier alpha value is -4.26. The summed E-state index contributed by atoms with van der Waals surface area (Å²) in [7, 11) is 0. The molecule has 168 valence electrons. The highest BCUT2D eigenvalue weighted by Gasteiger charge is 2.43. The molecule has 4 rings (SSSR count). The number of carbonyl (C=O) groups is 2. The van der Waals surface area contributed by atoms with Crippen molar-refractivity contribution in [1.82, 2.24) is 0 Å². The largest absolute Gasteiger partial charge is 0.358 e. The molecule has 0 saturated heterocycles. The van der Waals surface area contributed by atoms with Gasteiger partial charge in [-0.3, -0.25) is 9.59 Å². The van der Waals surface area contributed by atoms with Crippen LogP contribution in [-0.4, -0.2) is 21.8 Å². The van der Waals surface area contributed by atoms with Gasteiger partial charge in [0.1, 0.15) is 0 Å². The van der Waals surface area contributed by atoms with E-state index < -0.39 is 23.0 Å². The third-order valence-electron chi connectivity index (χ3n) is 5.40. The lowest BCUT2D eigenvalue weighted by Gasteiger charge is -2.26. The number of aliphatic hydroxyl groups is 2. The second-order valence-corrected chi connectivity index (χ2v) is 7.67. The van der Waals surface area contributed by atoms with E-state index in [2.05, 4.69) is 10.2 Å². The number of azo groups is 1. The van der Waals surface area contributed by atoms with Gasteiger partial charge in [0, 0.05) is 22.3 Å². The highest BCUT2D eigenvalue weighted by atomic mass is 16.3. The Bertz CT molecular complexity index is 1190. The zero-order valence-electron chi connectivity index (χ0n) is 18.2. The van der Waals surface area contributed by atoms with Crippen molar-refractivity contribution in [2.45, 2.75) is 11.4 Å². The van der Waals surface area contributed by atoms with Crippen molar-refractivity contribution in [3.8, 4) is 0 Å². The van der Waals surface area contributed by atoms with Crippen LogP contribution < -0.4 is 0 Å². The summed E-state index contributed by atoms with van der Waals surface area (Å²) in [5.41, 5.74) is -4.24. The number of nitrogens with zero attached hydrogens (tertiary/aromatic N) is 2. The van der Waals surface area contributed by atoms with Crippen molar-refractivity contribution in [3.05, 3.63) is 144 Å². The van der Waals surface area contributed by atoms with Crippen LogP contribution in [0.2, 0.25) is 0 Å². The van der Waals surface area contributed by atoms with Gasteiger partial charge in [-0.2, -0.15) is 0 Å². The molecule has 2 unspecified atom stereocenters. The maximum Gasteiger partial charge on any atom is 0.266 e. The van der Waals surface area contributed by atoms with Gasteiger partial charge in [-0.1, -0.05) is 121 Å². The fourth-order valence-corrected chi connectivity index (χ4v) is 3.54. The van der Waals surface area contributed by atoms with E-state index in [-0.39, 0.29) is 22.3 Å². The minimum atomic E-state index is -2.47. The Kier molecular flexibility index (Phi) is 6.54. The van der Waals surface area contributed by atoms with Gasteiger partial charge in [0.05, 0.1) is 0 Å². The molecule has 2 N–H and O–H groups in total. The third kappa shape index (κ3) is 4.45. The molecule has 6 nitrogen and oxygen atoms in total. The summed E-state index contributed by atoms with van der Waals surface area (Å²) in [5.74, 6) is -1.49. The van der Waals surface area contributed by atoms with Crippen LogP contribution >= 0.6 is 0 Å². The molecule has 0 fully saturated rings. The second-order valence-electron chi connectivity index (χ2n) is 7.67. The maximum absolute atomic E-state index is 13.4. The van der Waals surface area contributed by atoms with E-state index >= 15 is 0 Å². The summed E-state index contributed by atoms with van der Waals surface area (Å²) in [6.07, 6.45) is 0. The predicted molar refractivity (Wildman–Crippen MR) is 127 cm³/mol. The minimum absolute atomic E-state index is 0.148. The van der Waals surface area contributed by atoms with E-state index in [0.717, 1.165) is 0 Å². The molecule has 0 aromatic heterocycles. The van der Waals surface area contributed by atoms with Crippen LogP contribution in [0.25, 0.3) is 0 Å². The molecule has 0 spiro atoms. The molecule has 6 heteroatoms. The summed E-state index contributed by atoms with van der Waals surface area (Å²) in [6.45, 7) is 0. The van der Waals surface area contributed by atoms with Gasteiger partial charge < -0.3 is 10.2 Å². The smallest absolute Gasteiger partial charge is 0.266 e. The van der Waals surface area contributed by atoms with E-state index in [1.54, 1.807) is 97.1 Å². The van der Waals surface area contributed by atoms with Gasteiger partial charge in [0.2, 0.25) is 11.6 Å². The average Bonchev–Trinajstić information content (AvgIpc) is 2.92. The molecule has 4 aromatic carbocycles. The van der Waals surface area contributed by atoms with Crippen molar-refractivity contribution in [3.63, 3.8) is 0 Å². The first-order valence-electron chi connectivity index (χ1n) is 10.6. The van der Waals surface area contributed by atoms with Crippen LogP contribution in [0.15, 0.2) is 132 Å². The Morgan fingerprint density at radius 3 is 1.03 bits per heavy atom. The Balaban J connectivity index is 1.86. The Morgan fingerprint density at radius 1 is 0.471 bits per heavy atom. The molecule has 0 bridgehead atoms. The van der Waals surface area contributed by atoms with Crippen molar-refractivity contribution in [2.24, 2.45) is 10.2 Å². The zero-order valence-corrected chi connectivity index (χ0v) is 18.2. The molecule has 0 amide bonds. The van der Waals surface area contributed by atoms with Crippen LogP contribution in [0, 0.1) is 0 Å². The number of Topliss-reactive ketones (excluding diaryl/α,β-unsaturated/α-hetero) is 2. The molecule has 0 heterocycles. The summed E-state index contributed by atoms with van der Waals surface area (Å²) in [4.78, 5) is 26.8. The standard InChI is InChI=1S/C28H22N2O4/c31-25(21-13-5-1-6-14-21)27(33,23-17-9-3-10-18-23)29-30-28(34,24-19-11-4-12-20-24)26(32)22-15-7-2-8-16-22/h1-20,33-34H. The average molecular weight is 450 g/mol. The third-order valence-corrected chi connectivity index (χ3v) is 5.40. The van der Waals surface area contributed by atoms with Gasteiger partial charge in [-0.05, 0) is 0 Å². The molecule has 0 aliphatic heterocycles. The first-order valence-corrected chi connectivity index (χ1v) is 10.6. The number of rotatable bonds is 8. The summed E-state index contributed by atoms with van der Waals surface area (Å²) < 4.78 is 0. The predicted octanol–water partition coefficient (Wildman–Crippen LogP) is 4.90. The van der Waals surface area contributed by atoms with Gasteiger partial charge in [-0.15, -0.1) is 10.2 Å². The maximum atomic E-state index is 13.4. The quantitative estimate of drug-likeness (QED) is 0.295. The van der Waals surface area contributed by atoms with E-state index in [4.69, 9.17) is 0 Å². The normalized spacial score (nSPS) is 14.8. The van der Waals surface area contributed by atoms with Crippen LogP contribution in [0.1, 0.15) is 31.8 Å². The van der Waals surface area contributed by atoms with E-state index in [9.17, 15) is 19.8 Å². The van der Waals surface area contributed by atoms with Crippen molar-refractivity contribution in [1.29, 1.82) is 0 Å². The van der Waals surface area contributed by atoms with Crippen LogP contribution in [0.4, 0.5) is 0 Å².